The van der Waals surface area contributed by atoms with Gasteiger partial charge < -0.3 is 5.73 Å². The van der Waals surface area contributed by atoms with Crippen LogP contribution < -0.4 is 31.8 Å². The Hall–Kier alpha value is -6.05. The zero-order chi connectivity index (χ0) is 44.3. The Morgan fingerprint density at radius 2 is 0.923 bits per heavy atom. The van der Waals surface area contributed by atoms with Crippen molar-refractivity contribution >= 4 is 85.0 Å². The molecule has 0 spiro atoms. The topological polar surface area (TPSA) is 78.2 Å². The molecule has 0 aromatic heterocycles. The molecular formula is C57H46NO3P2PdS+. The van der Waals surface area contributed by atoms with Crippen LogP contribution in [0.5, 0.6) is 0 Å². The minimum atomic E-state index is -3.67. The van der Waals surface area contributed by atoms with E-state index in [2.05, 4.69) is 200 Å². The molecule has 10 rings (SSSR count). The molecule has 0 radical (unpaired) electrons. The van der Waals surface area contributed by atoms with E-state index in [1.165, 1.54) is 64.5 Å². The number of hydrogen-bond donors (Lipinski definition) is 1. The third kappa shape index (κ3) is 11.6. The van der Waals surface area contributed by atoms with Crippen LogP contribution in [0.1, 0.15) is 0 Å². The Balaban J connectivity index is 0.000000277. The van der Waals surface area contributed by atoms with Crippen molar-refractivity contribution in [3.8, 4) is 22.3 Å². The second kappa shape index (κ2) is 22.2. The second-order valence-electron chi connectivity index (χ2n) is 15.1. The molecule has 2 N–H and O–H groups in total. The molecule has 10 aromatic rings. The van der Waals surface area contributed by atoms with Gasteiger partial charge in [0.25, 0.3) is 10.1 Å². The number of fused-ring (bicyclic) bond motifs is 2. The minimum absolute atomic E-state index is 0. The molecule has 322 valence electrons. The maximum Gasteiger partial charge on any atom is 2.00 e. The molecular weight excluding hydrogens is 947 g/mol. The molecule has 0 bridgehead atoms. The van der Waals surface area contributed by atoms with E-state index >= 15 is 0 Å². The molecule has 8 heteroatoms. The Bertz CT molecular complexity index is 2970. The van der Waals surface area contributed by atoms with Crippen LogP contribution in [-0.2, 0) is 30.5 Å². The van der Waals surface area contributed by atoms with Crippen molar-refractivity contribution in [1.29, 1.82) is 0 Å². The molecule has 0 aliphatic heterocycles. The van der Waals surface area contributed by atoms with Crippen molar-refractivity contribution in [3.63, 3.8) is 0 Å². The Labute approximate surface area is 398 Å². The molecule has 0 amide bonds. The molecule has 0 atom stereocenters. The fourth-order valence-electron chi connectivity index (χ4n) is 8.01. The number of benzene rings is 10. The Morgan fingerprint density at radius 1 is 0.492 bits per heavy atom. The fourth-order valence-corrected chi connectivity index (χ4v) is 13.2. The summed E-state index contributed by atoms with van der Waals surface area (Å²) in [5, 5.41) is 13.5. The summed E-state index contributed by atoms with van der Waals surface area (Å²) >= 11 is 0. The van der Waals surface area contributed by atoms with Gasteiger partial charge in [0.2, 0.25) is 0 Å². The van der Waals surface area contributed by atoms with Crippen molar-refractivity contribution in [1.82, 2.24) is 0 Å². The summed E-state index contributed by atoms with van der Waals surface area (Å²) in [6.45, 7) is 0. The van der Waals surface area contributed by atoms with Crippen molar-refractivity contribution in [2.75, 3.05) is 6.26 Å². The minimum Gasteiger partial charge on any atom is -0.706 e. The van der Waals surface area contributed by atoms with E-state index in [9.17, 15) is 8.42 Å². The molecule has 10 aromatic carbocycles. The van der Waals surface area contributed by atoms with Crippen LogP contribution in [0.3, 0.4) is 0 Å². The zero-order valence-corrected chi connectivity index (χ0v) is 39.8. The van der Waals surface area contributed by atoms with Crippen molar-refractivity contribution in [3.05, 3.63) is 254 Å². The maximum atomic E-state index is 9.19. The van der Waals surface area contributed by atoms with Gasteiger partial charge in [-0.15, -0.1) is 41.5 Å². The number of rotatable bonds is 8. The van der Waals surface area contributed by atoms with Crippen LogP contribution in [0.2, 0.25) is 0 Å². The first-order valence-electron chi connectivity index (χ1n) is 20.9. The number of hydrogen-bond acceptors (Lipinski definition) is 2. The van der Waals surface area contributed by atoms with E-state index in [4.69, 9.17) is 10.3 Å². The van der Waals surface area contributed by atoms with E-state index < -0.39 is 26.0 Å². The fraction of sp³-hybridized carbons (Fsp3) is 0.0175. The molecule has 0 saturated heterocycles. The molecule has 0 fully saturated rings. The monoisotopic (exact) mass is 992 g/mol. The van der Waals surface area contributed by atoms with Gasteiger partial charge in [0, 0.05) is 11.1 Å². The summed E-state index contributed by atoms with van der Waals surface area (Å²) in [7, 11) is -5.89. The molecule has 0 aliphatic carbocycles. The second-order valence-corrected chi connectivity index (χ2v) is 21.2. The van der Waals surface area contributed by atoms with Crippen LogP contribution in [-0.4, -0.2) is 19.2 Å². The van der Waals surface area contributed by atoms with Gasteiger partial charge in [-0.05, 0) is 75.7 Å². The molecule has 0 heterocycles. The summed E-state index contributed by atoms with van der Waals surface area (Å²) in [6.07, 6.45) is 0.715. The third-order valence-electron chi connectivity index (χ3n) is 10.7. The van der Waals surface area contributed by atoms with Gasteiger partial charge >= 0.3 is 20.4 Å². The molecule has 65 heavy (non-hydrogen) atoms. The van der Waals surface area contributed by atoms with Crippen molar-refractivity contribution in [2.24, 2.45) is 0 Å². The molecule has 0 saturated carbocycles. The summed E-state index contributed by atoms with van der Waals surface area (Å²) < 4.78 is 25.9. The SMILES string of the molecule is CS(=O)(=O)O.[NH-]c1ccccc1-c1[c-]cccc1.[Pd+2].c1ccc(P(c2ccccc2)c2ccc3ccccc3c2-c2c([PH+](c3ccccc3)c3ccccc3)ccc3ccccc23)cc1. The average molecular weight is 993 g/mol. The van der Waals surface area contributed by atoms with Crippen molar-refractivity contribution in [2.45, 2.75) is 0 Å². The van der Waals surface area contributed by atoms with Gasteiger partial charge in [0.1, 0.15) is 15.9 Å². The predicted molar refractivity (Wildman–Crippen MR) is 278 cm³/mol. The van der Waals surface area contributed by atoms with Crippen LogP contribution in [0, 0.1) is 6.07 Å². The standard InChI is InChI=1S/C44H32P2.C12H9N.CH4O3S.Pd/c1-5-19-35(20-6-1)45(36-21-7-2-8-22-36)41-31-29-33-17-13-15-27-39(33)43(41)44-40-28-16-14-18-34(40)30-32-42(44)46(37-23-9-3-10-24-37)38-25-11-4-12-26-38;13-12-9-5-4-8-11(12)10-6-2-1-3-7-10;1-5(2,3)4;/h1-32H;1-6,8-9,13H;1H3,(H,2,3,4);/q;-2;;+2/p+1. The summed E-state index contributed by atoms with van der Waals surface area (Å²) in [5.41, 5.74) is 12.9. The zero-order valence-electron chi connectivity index (χ0n) is 35.5. The summed E-state index contributed by atoms with van der Waals surface area (Å²) in [5.74, 6) is 0. The van der Waals surface area contributed by atoms with E-state index in [1.807, 2.05) is 42.5 Å². The van der Waals surface area contributed by atoms with E-state index in [1.54, 1.807) is 6.07 Å². The summed E-state index contributed by atoms with van der Waals surface area (Å²) in [6, 6.07) is 90.4. The van der Waals surface area contributed by atoms with Gasteiger partial charge in [-0.1, -0.05) is 188 Å². The Morgan fingerprint density at radius 3 is 1.43 bits per heavy atom. The average Bonchev–Trinajstić information content (AvgIpc) is 3.33. The van der Waals surface area contributed by atoms with E-state index in [0.29, 0.717) is 11.9 Å². The van der Waals surface area contributed by atoms with Gasteiger partial charge in [-0.2, -0.15) is 14.1 Å². The van der Waals surface area contributed by atoms with Crippen LogP contribution in [0.4, 0.5) is 5.69 Å². The van der Waals surface area contributed by atoms with Gasteiger partial charge in [-0.25, -0.2) is 0 Å². The summed E-state index contributed by atoms with van der Waals surface area (Å²) in [4.78, 5) is 0. The first kappa shape index (κ1) is 46.9. The quantitative estimate of drug-likeness (QED) is 0.0713. The van der Waals surface area contributed by atoms with Crippen molar-refractivity contribution < 1.29 is 33.4 Å². The first-order valence-corrected chi connectivity index (χ1v) is 25.6. The number of nitrogens with one attached hydrogen (secondary N) is 1. The molecule has 4 nitrogen and oxygen atoms in total. The van der Waals surface area contributed by atoms with Crippen LogP contribution in [0.25, 0.3) is 49.5 Å². The maximum absolute atomic E-state index is 9.19. The molecule has 0 unspecified atom stereocenters. The normalized spacial score (nSPS) is 11.0. The van der Waals surface area contributed by atoms with Crippen LogP contribution >= 0.6 is 15.8 Å². The third-order valence-corrected chi connectivity index (χ3v) is 15.9. The van der Waals surface area contributed by atoms with Gasteiger partial charge in [-0.3, -0.25) is 4.55 Å². The smallest absolute Gasteiger partial charge is 0.706 e. The van der Waals surface area contributed by atoms with Gasteiger partial charge in [0.05, 0.1) is 14.2 Å². The molecule has 0 aliphatic rings. The Kier molecular flexibility index (Phi) is 16.1. The van der Waals surface area contributed by atoms with Crippen LogP contribution in [0.15, 0.2) is 243 Å². The first-order chi connectivity index (χ1) is 31.2. The van der Waals surface area contributed by atoms with E-state index in [0.717, 1.165) is 11.1 Å². The van der Waals surface area contributed by atoms with E-state index in [-0.39, 0.29) is 20.4 Å². The van der Waals surface area contributed by atoms with Gasteiger partial charge in [0.15, 0.2) is 0 Å². The largest absolute Gasteiger partial charge is 2.00 e. The predicted octanol–water partition coefficient (Wildman–Crippen LogP) is 12.2.